The maximum Gasteiger partial charge on any atom is 0.257 e. The molecule has 1 amide bonds. The maximum atomic E-state index is 11.0. The first kappa shape index (κ1) is 13.0. The van der Waals surface area contributed by atoms with Crippen molar-refractivity contribution in [1.29, 1.82) is 0 Å². The van der Waals surface area contributed by atoms with Crippen LogP contribution in [-0.2, 0) is 4.79 Å². The van der Waals surface area contributed by atoms with Gasteiger partial charge in [0.05, 0.1) is 6.10 Å². The van der Waals surface area contributed by atoms with Crippen molar-refractivity contribution in [2.75, 3.05) is 13.7 Å². The van der Waals surface area contributed by atoms with E-state index in [1.54, 1.807) is 26.1 Å². The minimum atomic E-state index is -0.632. The monoisotopic (exact) mass is 287 g/mol. The molecule has 1 aromatic rings. The maximum absolute atomic E-state index is 11.0. The zero-order valence-electron chi connectivity index (χ0n) is 9.16. The lowest BCUT2D eigenvalue weighted by Gasteiger charge is -2.13. The molecule has 0 radical (unpaired) electrons. The van der Waals surface area contributed by atoms with E-state index < -0.39 is 6.10 Å². The number of nitrogens with one attached hydrogen (secondary N) is 1. The summed E-state index contributed by atoms with van der Waals surface area (Å²) in [6.07, 6.45) is -0.632. The summed E-state index contributed by atoms with van der Waals surface area (Å²) in [5.74, 6) is 0.296. The third-order valence-corrected chi connectivity index (χ3v) is 2.56. The highest BCUT2D eigenvalue weighted by Gasteiger charge is 2.10. The van der Waals surface area contributed by atoms with Crippen LogP contribution in [-0.4, -0.2) is 24.7 Å². The van der Waals surface area contributed by atoms with Crippen molar-refractivity contribution in [1.82, 2.24) is 5.32 Å². The second kappa shape index (κ2) is 5.86. The van der Waals surface area contributed by atoms with E-state index in [0.717, 1.165) is 4.47 Å². The Balaban J connectivity index is 2.84. The number of aliphatic hydroxyl groups excluding tert-OH is 1. The smallest absolute Gasteiger partial charge is 0.257 e. The van der Waals surface area contributed by atoms with Gasteiger partial charge in [-0.3, -0.25) is 4.79 Å². The summed E-state index contributed by atoms with van der Waals surface area (Å²) in [5.41, 5.74) is 0.659. The minimum absolute atomic E-state index is 0.0628. The highest BCUT2D eigenvalue weighted by atomic mass is 79.9. The fraction of sp³-hybridized carbons (Fsp3) is 0.364. The highest BCUT2D eigenvalue weighted by molar-refractivity contribution is 9.10. The van der Waals surface area contributed by atoms with E-state index in [-0.39, 0.29) is 12.5 Å². The SMILES string of the molecule is CNC(=O)COc1cc(Br)ccc1[C@H](C)O. The normalized spacial score (nSPS) is 12.0. The summed E-state index contributed by atoms with van der Waals surface area (Å²) in [5, 5.41) is 12.0. The average molecular weight is 288 g/mol. The van der Waals surface area contributed by atoms with Crippen molar-refractivity contribution < 1.29 is 14.6 Å². The Morgan fingerprint density at radius 1 is 1.62 bits per heavy atom. The van der Waals surface area contributed by atoms with Gasteiger partial charge in [-0.2, -0.15) is 0 Å². The van der Waals surface area contributed by atoms with Crippen LogP contribution in [0.5, 0.6) is 5.75 Å². The van der Waals surface area contributed by atoms with E-state index in [0.29, 0.717) is 11.3 Å². The number of hydrogen-bond acceptors (Lipinski definition) is 3. The van der Waals surface area contributed by atoms with Gasteiger partial charge in [-0.25, -0.2) is 0 Å². The predicted octanol–water partition coefficient (Wildman–Crippen LogP) is 1.63. The first-order valence-corrected chi connectivity index (χ1v) is 5.64. The molecular formula is C11H14BrNO3. The van der Waals surface area contributed by atoms with Crippen LogP contribution in [0.25, 0.3) is 0 Å². The van der Waals surface area contributed by atoms with Gasteiger partial charge in [0, 0.05) is 17.1 Å². The minimum Gasteiger partial charge on any atom is -0.483 e. The second-order valence-corrected chi connectivity index (χ2v) is 4.24. The van der Waals surface area contributed by atoms with Gasteiger partial charge in [0.25, 0.3) is 5.91 Å². The number of amides is 1. The molecule has 0 heterocycles. The molecule has 1 atom stereocenters. The van der Waals surface area contributed by atoms with E-state index in [1.165, 1.54) is 0 Å². The number of rotatable bonds is 4. The molecule has 0 saturated carbocycles. The zero-order valence-corrected chi connectivity index (χ0v) is 10.7. The number of aliphatic hydroxyl groups is 1. The first-order chi connectivity index (χ1) is 7.54. The van der Waals surface area contributed by atoms with Crippen LogP contribution in [0.3, 0.4) is 0 Å². The molecular weight excluding hydrogens is 274 g/mol. The number of ether oxygens (including phenoxy) is 1. The third kappa shape index (κ3) is 3.50. The Morgan fingerprint density at radius 2 is 2.31 bits per heavy atom. The molecule has 0 spiro atoms. The molecule has 2 N–H and O–H groups in total. The van der Waals surface area contributed by atoms with Crippen LogP contribution in [0.1, 0.15) is 18.6 Å². The number of benzene rings is 1. The predicted molar refractivity (Wildman–Crippen MR) is 64.3 cm³/mol. The summed E-state index contributed by atoms with van der Waals surface area (Å²) in [4.78, 5) is 11.0. The molecule has 5 heteroatoms. The molecule has 1 rings (SSSR count). The molecule has 16 heavy (non-hydrogen) atoms. The van der Waals surface area contributed by atoms with Gasteiger partial charge in [0.2, 0.25) is 0 Å². The van der Waals surface area contributed by atoms with E-state index >= 15 is 0 Å². The molecule has 0 aliphatic heterocycles. The number of hydrogen-bond donors (Lipinski definition) is 2. The van der Waals surface area contributed by atoms with Gasteiger partial charge in [-0.05, 0) is 19.1 Å². The van der Waals surface area contributed by atoms with Gasteiger partial charge >= 0.3 is 0 Å². The van der Waals surface area contributed by atoms with E-state index in [9.17, 15) is 9.90 Å². The summed E-state index contributed by atoms with van der Waals surface area (Å²) in [7, 11) is 1.54. The van der Waals surface area contributed by atoms with Gasteiger partial charge in [-0.1, -0.05) is 22.0 Å². The first-order valence-electron chi connectivity index (χ1n) is 4.85. The Labute approximate surface area is 103 Å². The Morgan fingerprint density at radius 3 is 2.88 bits per heavy atom. The molecule has 88 valence electrons. The molecule has 0 aromatic heterocycles. The topological polar surface area (TPSA) is 58.6 Å². The molecule has 0 saturated heterocycles. The molecule has 0 aliphatic carbocycles. The van der Waals surface area contributed by atoms with Crippen LogP contribution in [0.2, 0.25) is 0 Å². The lowest BCUT2D eigenvalue weighted by molar-refractivity contribution is -0.122. The largest absolute Gasteiger partial charge is 0.483 e. The van der Waals surface area contributed by atoms with Crippen LogP contribution in [0, 0.1) is 0 Å². The Hall–Kier alpha value is -1.07. The quantitative estimate of drug-likeness (QED) is 0.885. The number of carbonyl (C=O) groups excluding carboxylic acids is 1. The molecule has 0 unspecified atom stereocenters. The van der Waals surface area contributed by atoms with E-state index in [1.807, 2.05) is 6.07 Å². The van der Waals surface area contributed by atoms with Crippen LogP contribution >= 0.6 is 15.9 Å². The van der Waals surface area contributed by atoms with Crippen molar-refractivity contribution in [3.8, 4) is 5.75 Å². The summed E-state index contributed by atoms with van der Waals surface area (Å²) in [6, 6.07) is 5.30. The second-order valence-electron chi connectivity index (χ2n) is 3.32. The fourth-order valence-electron chi connectivity index (χ4n) is 1.19. The van der Waals surface area contributed by atoms with Crippen molar-refractivity contribution in [2.24, 2.45) is 0 Å². The third-order valence-electron chi connectivity index (χ3n) is 2.06. The molecule has 0 fully saturated rings. The summed E-state index contributed by atoms with van der Waals surface area (Å²) < 4.78 is 6.17. The number of likely N-dealkylation sites (N-methyl/N-ethyl adjacent to an activating group) is 1. The molecule has 1 aromatic carbocycles. The van der Waals surface area contributed by atoms with Crippen molar-refractivity contribution in [3.63, 3.8) is 0 Å². The molecule has 4 nitrogen and oxygen atoms in total. The average Bonchev–Trinajstić information content (AvgIpc) is 2.25. The lowest BCUT2D eigenvalue weighted by Crippen LogP contribution is -2.25. The van der Waals surface area contributed by atoms with E-state index in [2.05, 4.69) is 21.2 Å². The Kier molecular flexibility index (Phi) is 4.76. The van der Waals surface area contributed by atoms with Crippen LogP contribution in [0.15, 0.2) is 22.7 Å². The zero-order chi connectivity index (χ0) is 12.1. The summed E-state index contributed by atoms with van der Waals surface area (Å²) >= 11 is 3.31. The Bertz CT molecular complexity index is 379. The van der Waals surface area contributed by atoms with Crippen molar-refractivity contribution >= 4 is 21.8 Å². The fourth-order valence-corrected chi connectivity index (χ4v) is 1.53. The lowest BCUT2D eigenvalue weighted by atomic mass is 10.1. The van der Waals surface area contributed by atoms with Crippen LogP contribution < -0.4 is 10.1 Å². The molecule has 0 aliphatic rings. The van der Waals surface area contributed by atoms with Gasteiger partial charge in [0.15, 0.2) is 6.61 Å². The number of halogens is 1. The van der Waals surface area contributed by atoms with Gasteiger partial charge in [0.1, 0.15) is 5.75 Å². The van der Waals surface area contributed by atoms with Crippen molar-refractivity contribution in [3.05, 3.63) is 28.2 Å². The number of carbonyl (C=O) groups is 1. The standard InChI is InChI=1S/C11H14BrNO3/c1-7(14)9-4-3-8(12)5-10(9)16-6-11(15)13-2/h3-5,7,14H,6H2,1-2H3,(H,13,15)/t7-/m0/s1. The van der Waals surface area contributed by atoms with Crippen molar-refractivity contribution in [2.45, 2.75) is 13.0 Å². The highest BCUT2D eigenvalue weighted by Crippen LogP contribution is 2.28. The van der Waals surface area contributed by atoms with Gasteiger partial charge < -0.3 is 15.2 Å². The van der Waals surface area contributed by atoms with Crippen LogP contribution in [0.4, 0.5) is 0 Å². The summed E-state index contributed by atoms with van der Waals surface area (Å²) in [6.45, 7) is 1.59. The molecule has 0 bridgehead atoms. The van der Waals surface area contributed by atoms with Gasteiger partial charge in [-0.15, -0.1) is 0 Å². The van der Waals surface area contributed by atoms with E-state index in [4.69, 9.17) is 4.74 Å².